The molecule has 2 rings (SSSR count). The third kappa shape index (κ3) is 2.71. The lowest BCUT2D eigenvalue weighted by atomic mass is 9.97. The summed E-state index contributed by atoms with van der Waals surface area (Å²) in [7, 11) is 1.89. The minimum absolute atomic E-state index is 0.161. The first-order valence-corrected chi connectivity index (χ1v) is 6.38. The Bertz CT molecular complexity index is 502. The molecule has 1 heterocycles. The molecule has 0 aliphatic heterocycles. The zero-order valence-corrected chi connectivity index (χ0v) is 11.1. The Kier molecular flexibility index (Phi) is 3.99. The highest BCUT2D eigenvalue weighted by Crippen LogP contribution is 2.15. The monoisotopic (exact) mass is 247 g/mol. The van der Waals surface area contributed by atoms with Gasteiger partial charge < -0.3 is 15.0 Å². The minimum Gasteiger partial charge on any atom is -0.394 e. The van der Waals surface area contributed by atoms with E-state index < -0.39 is 0 Å². The number of fused-ring (bicyclic) bond motifs is 1. The first-order chi connectivity index (χ1) is 8.68. The summed E-state index contributed by atoms with van der Waals surface area (Å²) >= 11 is 0. The average Bonchev–Trinajstić information content (AvgIpc) is 2.82. The molecular weight excluding hydrogens is 226 g/mol. The third-order valence-electron chi connectivity index (χ3n) is 3.61. The van der Waals surface area contributed by atoms with Crippen molar-refractivity contribution in [2.75, 3.05) is 13.7 Å². The fraction of sp³-hybridized carbons (Fsp3) is 0.500. The Morgan fingerprint density at radius 3 is 2.89 bits per heavy atom. The average molecular weight is 247 g/mol. The fourth-order valence-corrected chi connectivity index (χ4v) is 2.11. The standard InChI is InChI=1S/C14H21N3O/c1-14(10-18,15-2)8-5-9-17-11-16-12-6-3-4-7-13(12)17/h3-4,6-7,11,15,18H,5,8-10H2,1-2H3. The number of aromatic nitrogens is 2. The fourth-order valence-electron chi connectivity index (χ4n) is 2.11. The summed E-state index contributed by atoms with van der Waals surface area (Å²) in [5, 5.41) is 12.5. The van der Waals surface area contributed by atoms with Gasteiger partial charge in [-0.1, -0.05) is 12.1 Å². The van der Waals surface area contributed by atoms with Crippen LogP contribution in [0, 0.1) is 0 Å². The summed E-state index contributed by atoms with van der Waals surface area (Å²) in [5.41, 5.74) is 2.03. The van der Waals surface area contributed by atoms with E-state index in [1.165, 1.54) is 5.52 Å². The largest absolute Gasteiger partial charge is 0.394 e. The van der Waals surface area contributed by atoms with Crippen molar-refractivity contribution in [1.82, 2.24) is 14.9 Å². The van der Waals surface area contributed by atoms with E-state index in [1.54, 1.807) is 0 Å². The van der Waals surface area contributed by atoms with Crippen molar-refractivity contribution in [3.8, 4) is 0 Å². The molecular formula is C14H21N3O. The van der Waals surface area contributed by atoms with Crippen molar-refractivity contribution < 1.29 is 5.11 Å². The molecule has 18 heavy (non-hydrogen) atoms. The zero-order valence-electron chi connectivity index (χ0n) is 11.1. The number of likely N-dealkylation sites (N-methyl/N-ethyl adjacent to an activating group) is 1. The van der Waals surface area contributed by atoms with Crippen LogP contribution in [0.3, 0.4) is 0 Å². The topological polar surface area (TPSA) is 50.1 Å². The van der Waals surface area contributed by atoms with Crippen LogP contribution in [0.1, 0.15) is 19.8 Å². The van der Waals surface area contributed by atoms with Gasteiger partial charge in [0.05, 0.1) is 24.0 Å². The van der Waals surface area contributed by atoms with Gasteiger partial charge in [-0.3, -0.25) is 0 Å². The van der Waals surface area contributed by atoms with Crippen LogP contribution in [0.4, 0.5) is 0 Å². The second-order valence-corrected chi connectivity index (χ2v) is 5.00. The van der Waals surface area contributed by atoms with E-state index in [0.717, 1.165) is 24.9 Å². The number of rotatable bonds is 6. The van der Waals surface area contributed by atoms with E-state index in [9.17, 15) is 5.11 Å². The van der Waals surface area contributed by atoms with Crippen molar-refractivity contribution in [2.45, 2.75) is 31.8 Å². The van der Waals surface area contributed by atoms with Crippen molar-refractivity contribution >= 4 is 11.0 Å². The molecule has 0 bridgehead atoms. The van der Waals surface area contributed by atoms with Crippen LogP contribution in [-0.2, 0) is 6.54 Å². The van der Waals surface area contributed by atoms with Gasteiger partial charge in [-0.05, 0) is 38.9 Å². The summed E-state index contributed by atoms with van der Waals surface area (Å²) in [5.74, 6) is 0. The van der Waals surface area contributed by atoms with Crippen LogP contribution in [0.15, 0.2) is 30.6 Å². The summed E-state index contributed by atoms with van der Waals surface area (Å²) in [4.78, 5) is 4.37. The number of aliphatic hydroxyl groups is 1. The molecule has 2 N–H and O–H groups in total. The molecule has 1 aromatic heterocycles. The number of hydrogen-bond donors (Lipinski definition) is 2. The van der Waals surface area contributed by atoms with Gasteiger partial charge in [0.25, 0.3) is 0 Å². The van der Waals surface area contributed by atoms with Crippen LogP contribution in [0.2, 0.25) is 0 Å². The Morgan fingerprint density at radius 1 is 1.39 bits per heavy atom. The number of nitrogens with one attached hydrogen (secondary N) is 1. The second kappa shape index (κ2) is 5.50. The van der Waals surface area contributed by atoms with Gasteiger partial charge in [-0.25, -0.2) is 4.98 Å². The van der Waals surface area contributed by atoms with Gasteiger partial charge in [0, 0.05) is 12.1 Å². The number of para-hydroxylation sites is 2. The molecule has 0 saturated heterocycles. The molecule has 4 heteroatoms. The minimum atomic E-state index is -0.184. The molecule has 4 nitrogen and oxygen atoms in total. The SMILES string of the molecule is CNC(C)(CO)CCCn1cnc2ccccc21. The zero-order chi connectivity index (χ0) is 13.0. The number of aryl methyl sites for hydroxylation is 1. The molecule has 0 radical (unpaired) electrons. The highest BCUT2D eigenvalue weighted by Gasteiger charge is 2.19. The molecule has 1 atom stereocenters. The van der Waals surface area contributed by atoms with Gasteiger partial charge in [-0.2, -0.15) is 0 Å². The number of imidazole rings is 1. The lowest BCUT2D eigenvalue weighted by Crippen LogP contribution is -2.43. The summed E-state index contributed by atoms with van der Waals surface area (Å²) in [6.45, 7) is 3.13. The van der Waals surface area contributed by atoms with E-state index >= 15 is 0 Å². The normalized spacial score (nSPS) is 14.8. The Morgan fingerprint density at radius 2 is 2.17 bits per heavy atom. The first kappa shape index (κ1) is 13.1. The molecule has 98 valence electrons. The van der Waals surface area contributed by atoms with E-state index in [4.69, 9.17) is 0 Å². The van der Waals surface area contributed by atoms with Crippen LogP contribution in [0.5, 0.6) is 0 Å². The number of hydrogen-bond acceptors (Lipinski definition) is 3. The maximum atomic E-state index is 9.33. The lowest BCUT2D eigenvalue weighted by molar-refractivity contribution is 0.170. The number of nitrogens with zero attached hydrogens (tertiary/aromatic N) is 2. The van der Waals surface area contributed by atoms with E-state index in [1.807, 2.05) is 38.5 Å². The number of aliphatic hydroxyl groups excluding tert-OH is 1. The Hall–Kier alpha value is -1.39. The second-order valence-electron chi connectivity index (χ2n) is 5.00. The van der Waals surface area contributed by atoms with Crippen molar-refractivity contribution in [3.05, 3.63) is 30.6 Å². The molecule has 0 fully saturated rings. The molecule has 0 aliphatic rings. The van der Waals surface area contributed by atoms with Crippen molar-refractivity contribution in [1.29, 1.82) is 0 Å². The van der Waals surface area contributed by atoms with Crippen LogP contribution in [0.25, 0.3) is 11.0 Å². The van der Waals surface area contributed by atoms with Gasteiger partial charge in [0.15, 0.2) is 0 Å². The Balaban J connectivity index is 1.98. The highest BCUT2D eigenvalue weighted by atomic mass is 16.3. The van der Waals surface area contributed by atoms with E-state index in [2.05, 4.69) is 20.9 Å². The maximum absolute atomic E-state index is 9.33. The highest BCUT2D eigenvalue weighted by molar-refractivity contribution is 5.74. The van der Waals surface area contributed by atoms with Gasteiger partial charge in [-0.15, -0.1) is 0 Å². The van der Waals surface area contributed by atoms with Crippen molar-refractivity contribution in [2.24, 2.45) is 0 Å². The predicted octanol–water partition coefficient (Wildman–Crippen LogP) is 1.79. The van der Waals surface area contributed by atoms with Gasteiger partial charge in [0.2, 0.25) is 0 Å². The quantitative estimate of drug-likeness (QED) is 0.818. The lowest BCUT2D eigenvalue weighted by Gasteiger charge is -2.26. The smallest absolute Gasteiger partial charge is 0.0958 e. The molecule has 1 aromatic carbocycles. The molecule has 0 spiro atoms. The molecule has 0 saturated carbocycles. The first-order valence-electron chi connectivity index (χ1n) is 6.38. The predicted molar refractivity (Wildman–Crippen MR) is 73.5 cm³/mol. The summed E-state index contributed by atoms with van der Waals surface area (Å²) in [6.07, 6.45) is 3.84. The van der Waals surface area contributed by atoms with Gasteiger partial charge in [0.1, 0.15) is 0 Å². The summed E-state index contributed by atoms with van der Waals surface area (Å²) in [6, 6.07) is 8.15. The molecule has 1 unspecified atom stereocenters. The maximum Gasteiger partial charge on any atom is 0.0958 e. The van der Waals surface area contributed by atoms with Crippen LogP contribution < -0.4 is 5.32 Å². The van der Waals surface area contributed by atoms with E-state index in [-0.39, 0.29) is 12.1 Å². The molecule has 2 aromatic rings. The molecule has 0 aliphatic carbocycles. The van der Waals surface area contributed by atoms with Crippen LogP contribution in [-0.4, -0.2) is 33.9 Å². The molecule has 0 amide bonds. The van der Waals surface area contributed by atoms with Crippen LogP contribution >= 0.6 is 0 Å². The van der Waals surface area contributed by atoms with Gasteiger partial charge >= 0.3 is 0 Å². The summed E-state index contributed by atoms with van der Waals surface area (Å²) < 4.78 is 2.17. The van der Waals surface area contributed by atoms with E-state index in [0.29, 0.717) is 0 Å². The number of benzene rings is 1. The third-order valence-corrected chi connectivity index (χ3v) is 3.61. The van der Waals surface area contributed by atoms with Crippen molar-refractivity contribution in [3.63, 3.8) is 0 Å². The Labute approximate surface area is 108 Å².